The summed E-state index contributed by atoms with van der Waals surface area (Å²) in [6, 6.07) is 16.2. The van der Waals surface area contributed by atoms with Crippen LogP contribution in [-0.2, 0) is 29.2 Å². The lowest BCUT2D eigenvalue weighted by molar-refractivity contribution is -0.113. The molecule has 2 amide bonds. The number of nitrogens with one attached hydrogen (secondary N) is 1. The van der Waals surface area contributed by atoms with Gasteiger partial charge in [-0.1, -0.05) is 70.0 Å². The highest BCUT2D eigenvalue weighted by Gasteiger charge is 2.34. The zero-order chi connectivity index (χ0) is 22.7. The molecule has 0 radical (unpaired) electrons. The largest absolute Gasteiger partial charge is 0.445 e. The van der Waals surface area contributed by atoms with Crippen LogP contribution in [0.15, 0.2) is 54.6 Å². The Morgan fingerprint density at radius 3 is 2.50 bits per heavy atom. The van der Waals surface area contributed by atoms with Crippen LogP contribution in [0.25, 0.3) is 0 Å². The highest BCUT2D eigenvalue weighted by Crippen LogP contribution is 2.41. The van der Waals surface area contributed by atoms with E-state index in [0.717, 1.165) is 10.4 Å². The fourth-order valence-corrected chi connectivity index (χ4v) is 5.04. The van der Waals surface area contributed by atoms with Crippen molar-refractivity contribution in [3.63, 3.8) is 0 Å². The zero-order valence-electron chi connectivity index (χ0n) is 16.8. The number of amides is 2. The molecule has 1 N–H and O–H groups in total. The van der Waals surface area contributed by atoms with Crippen LogP contribution < -0.4 is 5.32 Å². The predicted molar refractivity (Wildman–Crippen MR) is 128 cm³/mol. The van der Waals surface area contributed by atoms with Gasteiger partial charge < -0.3 is 10.1 Å². The molecule has 1 aliphatic rings. The summed E-state index contributed by atoms with van der Waals surface area (Å²) >= 11 is 10.7. The van der Waals surface area contributed by atoms with Crippen molar-refractivity contribution in [2.75, 3.05) is 10.6 Å². The average Bonchev–Trinajstić information content (AvgIpc) is 3.35. The molecule has 0 saturated heterocycles. The van der Waals surface area contributed by atoms with Crippen molar-refractivity contribution in [1.29, 1.82) is 0 Å². The van der Waals surface area contributed by atoms with Gasteiger partial charge in [-0.25, -0.2) is 4.79 Å². The Labute approximate surface area is 202 Å². The predicted octanol–water partition coefficient (Wildman–Crippen LogP) is 5.62. The SMILES string of the molecule is O=C(CBr)Nc1sc2c(c1C(=O)c1ccccc1Cl)CN(C(=O)OCc1ccccc1)C2. The van der Waals surface area contributed by atoms with Gasteiger partial charge in [0.05, 0.1) is 29.0 Å². The number of hydrogen-bond donors (Lipinski definition) is 1. The van der Waals surface area contributed by atoms with E-state index in [-0.39, 0.29) is 30.2 Å². The average molecular weight is 534 g/mol. The lowest BCUT2D eigenvalue weighted by Gasteiger charge is -2.16. The number of carbonyl (C=O) groups is 3. The number of fused-ring (bicyclic) bond motifs is 1. The van der Waals surface area contributed by atoms with Gasteiger partial charge in [-0.2, -0.15) is 0 Å². The number of rotatable bonds is 6. The van der Waals surface area contributed by atoms with Gasteiger partial charge in [-0.3, -0.25) is 14.5 Å². The minimum Gasteiger partial charge on any atom is -0.445 e. The minimum atomic E-state index is -0.459. The summed E-state index contributed by atoms with van der Waals surface area (Å²) in [7, 11) is 0. The molecule has 1 aromatic heterocycles. The fraction of sp³-hybridized carbons (Fsp3) is 0.174. The number of alkyl halides is 1. The first-order chi connectivity index (χ1) is 15.5. The third-order valence-corrected chi connectivity index (χ3v) is 6.93. The van der Waals surface area contributed by atoms with Gasteiger partial charge in [0.2, 0.25) is 5.91 Å². The van der Waals surface area contributed by atoms with Crippen molar-refractivity contribution >= 4 is 61.7 Å². The van der Waals surface area contributed by atoms with Gasteiger partial charge in [0.15, 0.2) is 5.78 Å². The number of halogens is 2. The van der Waals surface area contributed by atoms with E-state index in [0.29, 0.717) is 33.3 Å². The number of ether oxygens (including phenoxy) is 1. The van der Waals surface area contributed by atoms with E-state index >= 15 is 0 Å². The lowest BCUT2D eigenvalue weighted by atomic mass is 10.0. The van der Waals surface area contributed by atoms with Gasteiger partial charge in [0, 0.05) is 16.0 Å². The van der Waals surface area contributed by atoms with Crippen LogP contribution in [0.1, 0.15) is 31.9 Å². The molecule has 0 saturated carbocycles. The van der Waals surface area contributed by atoms with Gasteiger partial charge in [0.1, 0.15) is 11.6 Å². The zero-order valence-corrected chi connectivity index (χ0v) is 19.9. The second-order valence-electron chi connectivity index (χ2n) is 7.09. The molecular weight excluding hydrogens is 516 g/mol. The molecule has 0 bridgehead atoms. The molecule has 0 spiro atoms. The van der Waals surface area contributed by atoms with Crippen LogP contribution >= 0.6 is 38.9 Å². The maximum atomic E-state index is 13.4. The maximum Gasteiger partial charge on any atom is 0.410 e. The van der Waals surface area contributed by atoms with Gasteiger partial charge in [-0.05, 0) is 17.7 Å². The molecule has 1 aliphatic heterocycles. The second-order valence-corrected chi connectivity index (χ2v) is 9.17. The molecule has 164 valence electrons. The number of hydrogen-bond acceptors (Lipinski definition) is 5. The van der Waals surface area contributed by atoms with Crippen molar-refractivity contribution in [3.8, 4) is 0 Å². The van der Waals surface area contributed by atoms with E-state index in [9.17, 15) is 14.4 Å². The minimum absolute atomic E-state index is 0.104. The summed E-state index contributed by atoms with van der Waals surface area (Å²) in [6.45, 7) is 0.692. The first kappa shape index (κ1) is 22.5. The Balaban J connectivity index is 1.58. The summed E-state index contributed by atoms with van der Waals surface area (Å²) in [6.07, 6.45) is -0.459. The van der Waals surface area contributed by atoms with Gasteiger partial charge in [0.25, 0.3) is 0 Å². The van der Waals surface area contributed by atoms with Crippen molar-refractivity contribution in [3.05, 3.63) is 86.8 Å². The van der Waals surface area contributed by atoms with Crippen LogP contribution in [0.2, 0.25) is 5.02 Å². The Kier molecular flexibility index (Phi) is 6.93. The standard InChI is InChI=1S/C23H18BrClN2O4S/c24-10-19(28)26-22-20(21(29)15-8-4-5-9-17(15)25)16-11-27(12-18(16)32-22)23(30)31-13-14-6-2-1-3-7-14/h1-9H,10-13H2,(H,26,28). The third-order valence-electron chi connectivity index (χ3n) is 4.96. The van der Waals surface area contributed by atoms with Crippen molar-refractivity contribution in [2.24, 2.45) is 0 Å². The highest BCUT2D eigenvalue weighted by molar-refractivity contribution is 9.09. The van der Waals surface area contributed by atoms with E-state index in [1.807, 2.05) is 30.3 Å². The van der Waals surface area contributed by atoms with Crippen molar-refractivity contribution in [2.45, 2.75) is 19.7 Å². The molecule has 6 nitrogen and oxygen atoms in total. The molecule has 0 fully saturated rings. The summed E-state index contributed by atoms with van der Waals surface area (Å²) in [5.74, 6) is -0.560. The van der Waals surface area contributed by atoms with E-state index in [1.54, 1.807) is 29.2 Å². The van der Waals surface area contributed by atoms with E-state index in [4.69, 9.17) is 16.3 Å². The second kappa shape index (κ2) is 9.85. The van der Waals surface area contributed by atoms with Gasteiger partial charge in [-0.15, -0.1) is 11.3 Å². The molecule has 3 aromatic rings. The Morgan fingerprint density at radius 2 is 1.78 bits per heavy atom. The first-order valence-corrected chi connectivity index (χ1v) is 12.0. The van der Waals surface area contributed by atoms with Crippen LogP contribution in [0.5, 0.6) is 0 Å². The number of ketones is 1. The first-order valence-electron chi connectivity index (χ1n) is 9.73. The van der Waals surface area contributed by atoms with Crippen LogP contribution in [0.4, 0.5) is 9.80 Å². The van der Waals surface area contributed by atoms with E-state index < -0.39 is 6.09 Å². The monoisotopic (exact) mass is 532 g/mol. The van der Waals surface area contributed by atoms with Crippen LogP contribution in [-0.4, -0.2) is 28.0 Å². The number of thiophene rings is 1. The highest BCUT2D eigenvalue weighted by atomic mass is 79.9. The molecule has 4 rings (SSSR count). The molecule has 32 heavy (non-hydrogen) atoms. The summed E-state index contributed by atoms with van der Waals surface area (Å²) in [4.78, 5) is 40.4. The summed E-state index contributed by atoms with van der Waals surface area (Å²) in [5, 5.41) is 3.68. The van der Waals surface area contributed by atoms with Crippen LogP contribution in [0, 0.1) is 0 Å². The smallest absolute Gasteiger partial charge is 0.410 e. The van der Waals surface area contributed by atoms with E-state index in [1.165, 1.54) is 11.3 Å². The lowest BCUT2D eigenvalue weighted by Crippen LogP contribution is -2.26. The topological polar surface area (TPSA) is 75.7 Å². The molecule has 0 aliphatic carbocycles. The molecule has 2 heterocycles. The number of anilines is 1. The molecular formula is C23H18BrClN2O4S. The molecule has 0 unspecified atom stereocenters. The quantitative estimate of drug-likeness (QED) is 0.330. The normalized spacial score (nSPS) is 12.4. The fourth-order valence-electron chi connectivity index (χ4n) is 3.44. The Morgan fingerprint density at radius 1 is 1.06 bits per heavy atom. The number of nitrogens with zero attached hydrogens (tertiary/aromatic N) is 1. The van der Waals surface area contributed by atoms with Crippen molar-refractivity contribution < 1.29 is 19.1 Å². The van der Waals surface area contributed by atoms with Crippen molar-refractivity contribution in [1.82, 2.24) is 4.90 Å². The molecule has 9 heteroatoms. The molecule has 2 aromatic carbocycles. The molecule has 0 atom stereocenters. The maximum absolute atomic E-state index is 13.4. The number of carbonyl (C=O) groups excluding carboxylic acids is 3. The Bertz CT molecular complexity index is 1180. The summed E-state index contributed by atoms with van der Waals surface area (Å²) < 4.78 is 5.44. The Hall–Kier alpha value is -2.68. The van der Waals surface area contributed by atoms with E-state index in [2.05, 4.69) is 21.2 Å². The van der Waals surface area contributed by atoms with Crippen LogP contribution in [0.3, 0.4) is 0 Å². The van der Waals surface area contributed by atoms with Gasteiger partial charge >= 0.3 is 6.09 Å². The summed E-state index contributed by atoms with van der Waals surface area (Å²) in [5.41, 5.74) is 2.31. The third kappa shape index (κ3) is 4.72. The number of benzene rings is 2.